The van der Waals surface area contributed by atoms with Crippen LogP contribution in [0, 0.1) is 0 Å². The van der Waals surface area contributed by atoms with Crippen LogP contribution < -0.4 is 0 Å². The molecule has 0 spiro atoms. The molecule has 0 aliphatic heterocycles. The van der Waals surface area contributed by atoms with Gasteiger partial charge in [-0.3, -0.25) is 0 Å². The smallest absolute Gasteiger partial charge is 0.194 e. The van der Waals surface area contributed by atoms with Crippen molar-refractivity contribution in [2.24, 2.45) is 0 Å². The van der Waals surface area contributed by atoms with E-state index in [-0.39, 0.29) is 11.0 Å². The predicted molar refractivity (Wildman–Crippen MR) is 66.4 cm³/mol. The molecule has 0 atom stereocenters. The minimum Gasteiger partial charge on any atom is -0.194 e. The lowest BCUT2D eigenvalue weighted by molar-refractivity contribution is -0.428. The third-order valence-electron chi connectivity index (χ3n) is 2.56. The summed E-state index contributed by atoms with van der Waals surface area (Å²) in [4.78, 5) is 0. The number of hydrogen-bond donors (Lipinski definition) is 0. The largest absolute Gasteiger partial charge is 0.460 e. The van der Waals surface area contributed by atoms with E-state index < -0.39 is 34.2 Å². The number of hydrogen-bond acceptors (Lipinski definition) is 3. The predicted octanol–water partition coefficient (Wildman–Crippen LogP) is 4.43. The van der Waals surface area contributed by atoms with Crippen molar-refractivity contribution in [3.8, 4) is 0 Å². The lowest BCUT2D eigenvalue weighted by Gasteiger charge is -2.32. The van der Waals surface area contributed by atoms with Crippen molar-refractivity contribution in [3.05, 3.63) is 41.3 Å². The van der Waals surface area contributed by atoms with E-state index in [1.807, 2.05) is 0 Å². The average Bonchev–Trinajstić information content (AvgIpc) is 2.43. The van der Waals surface area contributed by atoms with Crippen LogP contribution in [-0.4, -0.2) is 32.5 Å². The molecule has 3 nitrogen and oxygen atoms in total. The molecule has 142 valence electrons. The van der Waals surface area contributed by atoms with Gasteiger partial charge in [0.05, 0.1) is 5.41 Å². The number of halogens is 9. The van der Waals surface area contributed by atoms with Gasteiger partial charge in [0.2, 0.25) is 0 Å². The number of rotatable bonds is 6. The van der Waals surface area contributed by atoms with Crippen LogP contribution >= 0.6 is 0 Å². The Bertz CT molecular complexity index is 724. The fourth-order valence-electron chi connectivity index (χ4n) is 1.31. The Morgan fingerprint density at radius 1 is 0.800 bits per heavy atom. The molecule has 1 rings (SSSR count). The van der Waals surface area contributed by atoms with Gasteiger partial charge in [0.1, 0.15) is 0 Å². The molecule has 0 aliphatic carbocycles. The maximum absolute atomic E-state index is 13.1. The summed E-state index contributed by atoms with van der Waals surface area (Å²) in [6.45, 7) is 0. The molecule has 1 aromatic carbocycles. The highest BCUT2D eigenvalue weighted by Gasteiger charge is 2.83. The van der Waals surface area contributed by atoms with Crippen LogP contribution in [0.5, 0.6) is 0 Å². The van der Waals surface area contributed by atoms with Gasteiger partial charge in [-0.2, -0.15) is 52.1 Å². The molecule has 0 fully saturated rings. The van der Waals surface area contributed by atoms with Crippen molar-refractivity contribution in [2.45, 2.75) is 24.1 Å². The Labute approximate surface area is 134 Å². The van der Waals surface area contributed by atoms with E-state index in [1.165, 1.54) is 30.3 Å². The zero-order valence-corrected chi connectivity index (χ0v) is 12.4. The fourth-order valence-corrected chi connectivity index (χ4v) is 2.09. The van der Waals surface area contributed by atoms with E-state index in [0.29, 0.717) is 6.08 Å². The second kappa shape index (κ2) is 6.52. The van der Waals surface area contributed by atoms with Gasteiger partial charge >= 0.3 is 24.1 Å². The van der Waals surface area contributed by atoms with Gasteiger partial charge in [0.25, 0.3) is 10.1 Å². The van der Waals surface area contributed by atoms with Crippen molar-refractivity contribution in [1.82, 2.24) is 0 Å². The van der Waals surface area contributed by atoms with Gasteiger partial charge in [0.15, 0.2) is 0 Å². The van der Waals surface area contributed by atoms with Crippen molar-refractivity contribution in [3.63, 3.8) is 0 Å². The second-order valence-electron chi connectivity index (χ2n) is 4.45. The quantitative estimate of drug-likeness (QED) is 0.523. The van der Waals surface area contributed by atoms with Crippen molar-refractivity contribution >= 4 is 16.2 Å². The lowest BCUT2D eigenvalue weighted by Crippen LogP contribution is -2.61. The monoisotopic (exact) mass is 402 g/mol. The third kappa shape index (κ3) is 4.45. The van der Waals surface area contributed by atoms with Crippen LogP contribution in [0.2, 0.25) is 0 Å². The summed E-state index contributed by atoms with van der Waals surface area (Å²) in [5.74, 6) is -14.4. The molecule has 0 aliphatic rings. The first-order valence-electron chi connectivity index (χ1n) is 5.92. The van der Waals surface area contributed by atoms with E-state index in [9.17, 15) is 47.9 Å². The minimum atomic E-state index is -7.25. The topological polar surface area (TPSA) is 43.4 Å². The molecule has 0 amide bonds. The van der Waals surface area contributed by atoms with E-state index in [1.54, 1.807) is 0 Å². The molecular weight excluding hydrogens is 395 g/mol. The first kappa shape index (κ1) is 21.3. The number of alkyl halides is 9. The molecule has 13 heteroatoms. The van der Waals surface area contributed by atoms with Gasteiger partial charge in [-0.05, 0) is 11.6 Å². The molecule has 25 heavy (non-hydrogen) atoms. The van der Waals surface area contributed by atoms with Crippen molar-refractivity contribution in [2.75, 3.05) is 0 Å². The standard InChI is InChI=1S/C12H7F9O3S/c13-9(14,11(17,18)19)10(15,16)12(20,21)24-25(22,23)7-6-8-4-2-1-3-5-8/h1-7H. The van der Waals surface area contributed by atoms with Crippen molar-refractivity contribution < 1.29 is 52.1 Å². The minimum absolute atomic E-state index is 0.0605. The van der Waals surface area contributed by atoms with Gasteiger partial charge < -0.3 is 0 Å². The van der Waals surface area contributed by atoms with Gasteiger partial charge in [-0.25, -0.2) is 0 Å². The van der Waals surface area contributed by atoms with Gasteiger partial charge in [0, 0.05) is 0 Å². The Morgan fingerprint density at radius 3 is 1.72 bits per heavy atom. The van der Waals surface area contributed by atoms with Crippen LogP contribution in [0.4, 0.5) is 39.5 Å². The van der Waals surface area contributed by atoms with Gasteiger partial charge in [-0.1, -0.05) is 30.3 Å². The van der Waals surface area contributed by atoms with Crippen LogP contribution in [-0.2, 0) is 14.3 Å². The molecule has 0 bridgehead atoms. The molecule has 1 aromatic rings. The molecule has 0 N–H and O–H groups in total. The molecule has 0 heterocycles. The lowest BCUT2D eigenvalue weighted by atomic mass is 10.1. The Morgan fingerprint density at radius 2 is 1.28 bits per heavy atom. The Hall–Kier alpha value is -1.76. The van der Waals surface area contributed by atoms with E-state index in [4.69, 9.17) is 0 Å². The average molecular weight is 402 g/mol. The van der Waals surface area contributed by atoms with E-state index in [0.717, 1.165) is 0 Å². The maximum atomic E-state index is 13.1. The summed E-state index contributed by atoms with van der Waals surface area (Å²) in [6.07, 6.45) is -13.2. The van der Waals surface area contributed by atoms with Crippen LogP contribution in [0.15, 0.2) is 35.7 Å². The Kier molecular flexibility index (Phi) is 5.55. The molecule has 0 saturated carbocycles. The Balaban J connectivity index is 3.12. The molecular formula is C12H7F9O3S. The molecule has 0 aromatic heterocycles. The van der Waals surface area contributed by atoms with Gasteiger partial charge in [-0.15, -0.1) is 0 Å². The van der Waals surface area contributed by atoms with Crippen LogP contribution in [0.1, 0.15) is 5.56 Å². The fraction of sp³-hybridized carbons (Fsp3) is 0.333. The van der Waals surface area contributed by atoms with E-state index >= 15 is 0 Å². The first-order valence-corrected chi connectivity index (χ1v) is 7.39. The summed E-state index contributed by atoms with van der Waals surface area (Å²) in [6, 6.07) is 6.73. The molecule has 0 unspecified atom stereocenters. The highest BCUT2D eigenvalue weighted by Crippen LogP contribution is 2.53. The summed E-state index contributed by atoms with van der Waals surface area (Å²) in [5.41, 5.74) is 0.0605. The maximum Gasteiger partial charge on any atom is 0.460 e. The SMILES string of the molecule is O=S(=O)(C=Cc1ccccc1)OC(F)(F)C(F)(F)C(F)(F)C(F)(F)F. The first-order chi connectivity index (χ1) is 11.0. The summed E-state index contributed by atoms with van der Waals surface area (Å²) in [7, 11) is -5.74. The van der Waals surface area contributed by atoms with Crippen molar-refractivity contribution in [1.29, 1.82) is 0 Å². The number of benzene rings is 1. The molecule has 0 saturated heterocycles. The second-order valence-corrected chi connectivity index (χ2v) is 5.88. The highest BCUT2D eigenvalue weighted by molar-refractivity contribution is 7.89. The van der Waals surface area contributed by atoms with Crippen LogP contribution in [0.3, 0.4) is 0 Å². The summed E-state index contributed by atoms with van der Waals surface area (Å²) < 4.78 is 138. The highest BCUT2D eigenvalue weighted by atomic mass is 32.2. The van der Waals surface area contributed by atoms with E-state index in [2.05, 4.69) is 4.18 Å². The van der Waals surface area contributed by atoms with Crippen LogP contribution in [0.25, 0.3) is 6.08 Å². The summed E-state index contributed by atoms with van der Waals surface area (Å²) >= 11 is 0. The zero-order valence-electron chi connectivity index (χ0n) is 11.6. The zero-order chi connectivity index (χ0) is 19.7. The normalized spacial score (nSPS) is 14.9. The molecule has 0 radical (unpaired) electrons. The third-order valence-corrected chi connectivity index (χ3v) is 3.47. The summed E-state index contributed by atoms with van der Waals surface area (Å²) in [5, 5.41) is -0.196.